The molecule has 25 heavy (non-hydrogen) atoms. The van der Waals surface area contributed by atoms with E-state index < -0.39 is 17.8 Å². The molecule has 146 valence electrons. The molecule has 1 aliphatic carbocycles. The third-order valence-corrected chi connectivity index (χ3v) is 5.54. The number of alkyl halides is 2. The predicted molar refractivity (Wildman–Crippen MR) is 94.7 cm³/mol. The van der Waals surface area contributed by atoms with Crippen LogP contribution in [-0.2, 0) is 9.59 Å². The Hall–Kier alpha value is -0.840. The Labute approximate surface area is 150 Å². The molecule has 0 aromatic rings. The second kappa shape index (κ2) is 11.7. The molecular weight excluding hydrogens is 326 g/mol. The van der Waals surface area contributed by atoms with Crippen LogP contribution in [0.5, 0.6) is 0 Å². The van der Waals surface area contributed by atoms with Gasteiger partial charge in [0.1, 0.15) is 6.29 Å². The van der Waals surface area contributed by atoms with E-state index in [0.29, 0.717) is 38.0 Å². The summed E-state index contributed by atoms with van der Waals surface area (Å²) in [6.07, 6.45) is 8.62. The van der Waals surface area contributed by atoms with Gasteiger partial charge in [0, 0.05) is 19.3 Å². The van der Waals surface area contributed by atoms with Crippen molar-refractivity contribution in [2.75, 3.05) is 0 Å². The van der Waals surface area contributed by atoms with Gasteiger partial charge in [0.2, 0.25) is 5.78 Å². The number of halogens is 2. The molecule has 3 nitrogen and oxygen atoms in total. The molecule has 1 saturated carbocycles. The Kier molecular flexibility index (Phi) is 10.4. The molecule has 0 saturated heterocycles. The quantitative estimate of drug-likeness (QED) is 0.347. The summed E-state index contributed by atoms with van der Waals surface area (Å²) in [6.45, 7) is 1.83. The Morgan fingerprint density at radius 1 is 1.12 bits per heavy atom. The minimum absolute atomic E-state index is 0.0269. The van der Waals surface area contributed by atoms with E-state index in [-0.39, 0.29) is 18.8 Å². The van der Waals surface area contributed by atoms with Crippen LogP contribution in [0.3, 0.4) is 0 Å². The van der Waals surface area contributed by atoms with Crippen molar-refractivity contribution in [3.8, 4) is 0 Å². The van der Waals surface area contributed by atoms with E-state index in [1.54, 1.807) is 0 Å². The first kappa shape index (κ1) is 22.2. The van der Waals surface area contributed by atoms with Crippen molar-refractivity contribution in [2.24, 2.45) is 11.8 Å². The Bertz CT molecular complexity index is 398. The Balaban J connectivity index is 2.36. The van der Waals surface area contributed by atoms with E-state index in [1.165, 1.54) is 0 Å². The summed E-state index contributed by atoms with van der Waals surface area (Å²) < 4.78 is 27.6. The molecule has 1 aliphatic rings. The van der Waals surface area contributed by atoms with Crippen LogP contribution in [0, 0.1) is 11.8 Å². The fourth-order valence-electron chi connectivity index (χ4n) is 3.92. The number of Topliss-reactive ketones (excluding diaryl/α,β-unsaturated/α-hetero) is 1. The maximum atomic E-state index is 13.8. The van der Waals surface area contributed by atoms with Crippen molar-refractivity contribution in [3.63, 3.8) is 0 Å². The first-order valence-corrected chi connectivity index (χ1v) is 9.95. The maximum Gasteiger partial charge on any atom is 0.305 e. The lowest BCUT2D eigenvalue weighted by molar-refractivity contribution is -0.144. The van der Waals surface area contributed by atoms with Crippen molar-refractivity contribution in [1.29, 1.82) is 0 Å². The fraction of sp³-hybridized carbons (Fsp3) is 0.900. The van der Waals surface area contributed by atoms with E-state index in [1.807, 2.05) is 6.92 Å². The number of hydrogen-bond donors (Lipinski definition) is 1. The third kappa shape index (κ3) is 7.93. The lowest BCUT2D eigenvalue weighted by Crippen LogP contribution is -2.30. The van der Waals surface area contributed by atoms with Gasteiger partial charge in [0.15, 0.2) is 0 Å². The molecule has 0 aromatic heterocycles. The van der Waals surface area contributed by atoms with Crippen molar-refractivity contribution >= 4 is 12.1 Å². The predicted octanol–water partition coefficient (Wildman–Crippen LogP) is 5.09. The Morgan fingerprint density at radius 2 is 1.84 bits per heavy atom. The first-order chi connectivity index (χ1) is 11.9. The normalized spacial score (nSPS) is 23.8. The SMILES string of the molecule is CCCCC(F)(F)C(=O)CC[C@@H]1[C@@H](CCCCCCC=O)CC[C@H]1O. The molecule has 0 radical (unpaired) electrons. The minimum atomic E-state index is -3.21. The van der Waals surface area contributed by atoms with Gasteiger partial charge in [0.05, 0.1) is 6.10 Å². The molecule has 1 rings (SSSR count). The standard InChI is InChI=1S/C20H34F2O3/c1-2-3-14-20(21,22)19(25)13-11-17-16(10-12-18(17)24)9-7-5-4-6-8-15-23/h15-18,24H,2-14H2,1H3/t16-,17+,18+/m0/s1. The zero-order valence-corrected chi connectivity index (χ0v) is 15.5. The molecular formula is C20H34F2O3. The van der Waals surface area contributed by atoms with E-state index in [4.69, 9.17) is 0 Å². The number of unbranched alkanes of at least 4 members (excludes halogenated alkanes) is 5. The van der Waals surface area contributed by atoms with E-state index in [2.05, 4.69) is 0 Å². The van der Waals surface area contributed by atoms with Gasteiger partial charge in [-0.25, -0.2) is 0 Å². The van der Waals surface area contributed by atoms with Gasteiger partial charge in [-0.2, -0.15) is 8.78 Å². The first-order valence-electron chi connectivity index (χ1n) is 9.95. The van der Waals surface area contributed by atoms with Crippen molar-refractivity contribution in [1.82, 2.24) is 0 Å². The summed E-state index contributed by atoms with van der Waals surface area (Å²) in [7, 11) is 0. The second-order valence-corrected chi connectivity index (χ2v) is 7.50. The molecule has 0 aliphatic heterocycles. The van der Waals surface area contributed by atoms with Crippen LogP contribution >= 0.6 is 0 Å². The monoisotopic (exact) mass is 360 g/mol. The van der Waals surface area contributed by atoms with Crippen molar-refractivity contribution in [3.05, 3.63) is 0 Å². The largest absolute Gasteiger partial charge is 0.393 e. The fourth-order valence-corrected chi connectivity index (χ4v) is 3.92. The summed E-state index contributed by atoms with van der Waals surface area (Å²) >= 11 is 0. The molecule has 0 heterocycles. The molecule has 1 N–H and O–H groups in total. The summed E-state index contributed by atoms with van der Waals surface area (Å²) in [5.41, 5.74) is 0. The van der Waals surface area contributed by atoms with E-state index in [9.17, 15) is 23.5 Å². The lowest BCUT2D eigenvalue weighted by Gasteiger charge is -2.23. The van der Waals surface area contributed by atoms with Gasteiger partial charge in [-0.05, 0) is 43.9 Å². The molecule has 0 bridgehead atoms. The van der Waals surface area contributed by atoms with E-state index >= 15 is 0 Å². The number of aldehydes is 1. The molecule has 5 heteroatoms. The average Bonchev–Trinajstić information content (AvgIpc) is 2.93. The number of aliphatic hydroxyl groups excluding tert-OH is 1. The maximum absolute atomic E-state index is 13.8. The zero-order chi connectivity index (χ0) is 18.7. The highest BCUT2D eigenvalue weighted by molar-refractivity contribution is 5.85. The second-order valence-electron chi connectivity index (χ2n) is 7.50. The molecule has 1 fully saturated rings. The summed E-state index contributed by atoms with van der Waals surface area (Å²) in [5, 5.41) is 10.2. The van der Waals surface area contributed by atoms with Crippen LogP contribution in [0.1, 0.15) is 90.4 Å². The van der Waals surface area contributed by atoms with Gasteiger partial charge in [0.25, 0.3) is 0 Å². The smallest absolute Gasteiger partial charge is 0.305 e. The number of rotatable bonds is 14. The highest BCUT2D eigenvalue weighted by atomic mass is 19.3. The van der Waals surface area contributed by atoms with Crippen LogP contribution in [0.25, 0.3) is 0 Å². The summed E-state index contributed by atoms with van der Waals surface area (Å²) in [4.78, 5) is 22.1. The minimum Gasteiger partial charge on any atom is -0.393 e. The number of carbonyl (C=O) groups is 2. The van der Waals surface area contributed by atoms with Gasteiger partial charge >= 0.3 is 5.92 Å². The molecule has 3 atom stereocenters. The molecule has 0 aromatic carbocycles. The van der Waals surface area contributed by atoms with Crippen LogP contribution in [0.4, 0.5) is 8.78 Å². The topological polar surface area (TPSA) is 54.4 Å². The molecule has 0 spiro atoms. The van der Waals surface area contributed by atoms with Crippen molar-refractivity contribution in [2.45, 2.75) is 102 Å². The summed E-state index contributed by atoms with van der Waals surface area (Å²) in [5.74, 6) is -3.88. The highest BCUT2D eigenvalue weighted by Crippen LogP contribution is 2.39. The van der Waals surface area contributed by atoms with E-state index in [0.717, 1.165) is 44.8 Å². The lowest BCUT2D eigenvalue weighted by atomic mass is 9.85. The van der Waals surface area contributed by atoms with Crippen LogP contribution in [-0.4, -0.2) is 29.2 Å². The average molecular weight is 360 g/mol. The van der Waals surface area contributed by atoms with Crippen LogP contribution < -0.4 is 0 Å². The summed E-state index contributed by atoms with van der Waals surface area (Å²) in [6, 6.07) is 0. The van der Waals surface area contributed by atoms with Gasteiger partial charge in [-0.1, -0.05) is 39.0 Å². The number of ketones is 1. The van der Waals surface area contributed by atoms with Gasteiger partial charge in [-0.3, -0.25) is 4.79 Å². The van der Waals surface area contributed by atoms with Crippen LogP contribution in [0.15, 0.2) is 0 Å². The van der Waals surface area contributed by atoms with Gasteiger partial charge < -0.3 is 9.90 Å². The van der Waals surface area contributed by atoms with Gasteiger partial charge in [-0.15, -0.1) is 0 Å². The highest BCUT2D eigenvalue weighted by Gasteiger charge is 2.39. The molecule has 0 unspecified atom stereocenters. The number of carbonyl (C=O) groups excluding carboxylic acids is 2. The molecule has 0 amide bonds. The zero-order valence-electron chi connectivity index (χ0n) is 15.5. The third-order valence-electron chi connectivity index (χ3n) is 5.54. The Morgan fingerprint density at radius 3 is 2.52 bits per heavy atom. The van der Waals surface area contributed by atoms with Crippen molar-refractivity contribution < 1.29 is 23.5 Å². The van der Waals surface area contributed by atoms with Crippen LogP contribution in [0.2, 0.25) is 0 Å². The number of hydrogen-bond acceptors (Lipinski definition) is 3. The number of aliphatic hydroxyl groups is 1.